The first-order valence-corrected chi connectivity index (χ1v) is 12.6. The Bertz CT molecular complexity index is 1580. The number of nitrogens with zero attached hydrogens (tertiary/aromatic N) is 1. The predicted octanol–water partition coefficient (Wildman–Crippen LogP) is 7.78. The second kappa shape index (κ2) is 10.2. The Hall–Kier alpha value is -3.78. The fourth-order valence-corrected chi connectivity index (χ4v) is 4.85. The molecule has 1 aliphatic heterocycles. The highest BCUT2D eigenvalue weighted by atomic mass is 35.5. The molecule has 0 radical (unpaired) electrons. The van der Waals surface area contributed by atoms with E-state index in [9.17, 15) is 22.8 Å². The van der Waals surface area contributed by atoms with E-state index in [1.807, 2.05) is 0 Å². The predicted molar refractivity (Wildman–Crippen MR) is 139 cm³/mol. The molecule has 1 aromatic heterocycles. The van der Waals surface area contributed by atoms with E-state index in [0.717, 1.165) is 31.4 Å². The van der Waals surface area contributed by atoms with E-state index in [2.05, 4.69) is 6.92 Å². The van der Waals surface area contributed by atoms with Crippen LogP contribution in [0.4, 0.5) is 18.9 Å². The molecular formula is C29H23ClF3NO4. The van der Waals surface area contributed by atoms with Crippen molar-refractivity contribution in [2.75, 3.05) is 11.5 Å². The Morgan fingerprint density at radius 3 is 2.55 bits per heavy atom. The summed E-state index contributed by atoms with van der Waals surface area (Å²) in [4.78, 5) is 28.6. The molecular weight excluding hydrogens is 519 g/mol. The number of halogens is 4. The van der Waals surface area contributed by atoms with Gasteiger partial charge in [0.05, 0.1) is 29.2 Å². The lowest BCUT2D eigenvalue weighted by molar-refractivity contribution is -0.137. The number of alkyl halides is 3. The van der Waals surface area contributed by atoms with Crippen molar-refractivity contribution in [1.82, 2.24) is 0 Å². The topological polar surface area (TPSA) is 59.8 Å². The van der Waals surface area contributed by atoms with Gasteiger partial charge in [-0.05, 0) is 60.5 Å². The smallest absolute Gasteiger partial charge is 0.416 e. The Labute approximate surface area is 221 Å². The summed E-state index contributed by atoms with van der Waals surface area (Å²) in [7, 11) is 0. The molecule has 5 nitrogen and oxygen atoms in total. The second-order valence-electron chi connectivity index (χ2n) is 9.07. The van der Waals surface area contributed by atoms with Gasteiger partial charge in [0.1, 0.15) is 11.3 Å². The van der Waals surface area contributed by atoms with E-state index in [-0.39, 0.29) is 28.0 Å². The van der Waals surface area contributed by atoms with Crippen molar-refractivity contribution in [2.24, 2.45) is 0 Å². The quantitative estimate of drug-likeness (QED) is 0.224. The van der Waals surface area contributed by atoms with Crippen LogP contribution in [-0.4, -0.2) is 12.5 Å². The van der Waals surface area contributed by atoms with E-state index < -0.39 is 29.1 Å². The van der Waals surface area contributed by atoms with Gasteiger partial charge < -0.3 is 9.15 Å². The minimum atomic E-state index is -4.62. The maximum Gasteiger partial charge on any atom is 0.416 e. The van der Waals surface area contributed by atoms with Crippen LogP contribution in [-0.2, 0) is 6.18 Å². The molecule has 0 aliphatic carbocycles. The first kappa shape index (κ1) is 25.9. The summed E-state index contributed by atoms with van der Waals surface area (Å²) < 4.78 is 52.4. The maximum atomic E-state index is 13.7. The van der Waals surface area contributed by atoms with Crippen LogP contribution in [0.5, 0.6) is 5.75 Å². The molecule has 1 amide bonds. The van der Waals surface area contributed by atoms with Crippen molar-refractivity contribution in [1.29, 1.82) is 0 Å². The van der Waals surface area contributed by atoms with Gasteiger partial charge >= 0.3 is 6.18 Å². The number of amides is 1. The Morgan fingerprint density at radius 2 is 1.79 bits per heavy atom. The zero-order valence-corrected chi connectivity index (χ0v) is 21.1. The molecule has 5 rings (SSSR count). The molecule has 1 aliphatic rings. The lowest BCUT2D eigenvalue weighted by Crippen LogP contribution is -2.29. The number of benzene rings is 3. The van der Waals surface area contributed by atoms with Gasteiger partial charge in [-0.15, -0.1) is 0 Å². The van der Waals surface area contributed by atoms with Gasteiger partial charge in [-0.1, -0.05) is 49.6 Å². The molecule has 38 heavy (non-hydrogen) atoms. The molecule has 3 aromatic carbocycles. The third kappa shape index (κ3) is 4.76. The summed E-state index contributed by atoms with van der Waals surface area (Å²) in [5, 5.41) is 0.481. The Kier molecular flexibility index (Phi) is 6.92. The SMILES string of the molecule is CCCCCOc1cccc(C2c3c(oc4ccc(Cl)cc4c3=O)C(=O)N2c2cccc(C(F)(F)F)c2)c1. The van der Waals surface area contributed by atoms with E-state index in [1.54, 1.807) is 24.3 Å². The molecule has 0 spiro atoms. The number of carbonyl (C=O) groups excluding carboxylic acids is 1. The number of ether oxygens (including phenoxy) is 1. The van der Waals surface area contributed by atoms with Crippen LogP contribution < -0.4 is 15.1 Å². The average molecular weight is 542 g/mol. The minimum Gasteiger partial charge on any atom is -0.494 e. The molecule has 1 atom stereocenters. The molecule has 0 fully saturated rings. The Morgan fingerprint density at radius 1 is 1.00 bits per heavy atom. The summed E-state index contributed by atoms with van der Waals surface area (Å²) in [6.45, 7) is 2.57. The van der Waals surface area contributed by atoms with Gasteiger partial charge in [0.15, 0.2) is 5.43 Å². The highest BCUT2D eigenvalue weighted by molar-refractivity contribution is 6.31. The molecule has 1 unspecified atom stereocenters. The van der Waals surface area contributed by atoms with Gasteiger partial charge in [0.2, 0.25) is 5.76 Å². The molecule has 0 saturated heterocycles. The number of fused-ring (bicyclic) bond motifs is 2. The van der Waals surface area contributed by atoms with E-state index in [1.165, 1.54) is 35.2 Å². The molecule has 196 valence electrons. The van der Waals surface area contributed by atoms with Gasteiger partial charge in [-0.2, -0.15) is 13.2 Å². The van der Waals surface area contributed by atoms with Crippen molar-refractivity contribution >= 4 is 34.2 Å². The zero-order chi connectivity index (χ0) is 27.0. The fraction of sp³-hybridized carbons (Fsp3) is 0.241. The number of unbranched alkanes of at least 4 members (excludes halogenated alkanes) is 2. The first-order chi connectivity index (χ1) is 18.2. The third-order valence-electron chi connectivity index (χ3n) is 6.47. The monoisotopic (exact) mass is 541 g/mol. The van der Waals surface area contributed by atoms with Gasteiger partial charge in [-0.3, -0.25) is 14.5 Å². The normalized spacial score (nSPS) is 15.2. The van der Waals surface area contributed by atoms with E-state index in [0.29, 0.717) is 22.9 Å². The average Bonchev–Trinajstić information content (AvgIpc) is 3.19. The van der Waals surface area contributed by atoms with Gasteiger partial charge in [-0.25, -0.2) is 0 Å². The van der Waals surface area contributed by atoms with E-state index >= 15 is 0 Å². The van der Waals surface area contributed by atoms with Crippen molar-refractivity contribution in [2.45, 2.75) is 38.4 Å². The third-order valence-corrected chi connectivity index (χ3v) is 6.71. The number of hydrogen-bond acceptors (Lipinski definition) is 4. The van der Waals surface area contributed by atoms with Crippen molar-refractivity contribution < 1.29 is 27.1 Å². The first-order valence-electron chi connectivity index (χ1n) is 12.2. The number of hydrogen-bond donors (Lipinski definition) is 0. The number of rotatable bonds is 7. The lowest BCUT2D eigenvalue weighted by atomic mass is 9.98. The maximum absolute atomic E-state index is 13.7. The highest BCUT2D eigenvalue weighted by Gasteiger charge is 2.44. The molecule has 2 heterocycles. The van der Waals surface area contributed by atoms with Crippen molar-refractivity contribution in [3.63, 3.8) is 0 Å². The number of anilines is 1. The summed E-state index contributed by atoms with van der Waals surface area (Å²) >= 11 is 6.12. The molecule has 0 bridgehead atoms. The van der Waals surface area contributed by atoms with Gasteiger partial charge in [0.25, 0.3) is 5.91 Å². The van der Waals surface area contributed by atoms with Crippen molar-refractivity contribution in [3.8, 4) is 5.75 Å². The van der Waals surface area contributed by atoms with Crippen LogP contribution in [0.1, 0.15) is 59.5 Å². The minimum absolute atomic E-state index is 0.0167. The molecule has 4 aromatic rings. The van der Waals surface area contributed by atoms with Gasteiger partial charge in [0, 0.05) is 10.7 Å². The largest absolute Gasteiger partial charge is 0.494 e. The van der Waals surface area contributed by atoms with Crippen LogP contribution in [0.15, 0.2) is 75.9 Å². The molecule has 9 heteroatoms. The highest BCUT2D eigenvalue weighted by Crippen LogP contribution is 2.43. The Balaban J connectivity index is 1.69. The zero-order valence-electron chi connectivity index (χ0n) is 20.3. The summed E-state index contributed by atoms with van der Waals surface area (Å²) in [6.07, 6.45) is -1.72. The van der Waals surface area contributed by atoms with Crippen LogP contribution in [0.3, 0.4) is 0 Å². The number of carbonyl (C=O) groups is 1. The van der Waals surface area contributed by atoms with Crippen LogP contribution in [0.2, 0.25) is 5.02 Å². The summed E-state index contributed by atoms with van der Waals surface area (Å²) in [6, 6.07) is 14.7. The van der Waals surface area contributed by atoms with Crippen LogP contribution in [0.25, 0.3) is 11.0 Å². The van der Waals surface area contributed by atoms with Crippen LogP contribution in [0, 0.1) is 0 Å². The second-order valence-corrected chi connectivity index (χ2v) is 9.50. The van der Waals surface area contributed by atoms with E-state index in [4.69, 9.17) is 20.8 Å². The summed E-state index contributed by atoms with van der Waals surface area (Å²) in [5.41, 5.74) is -0.727. The van der Waals surface area contributed by atoms with Crippen molar-refractivity contribution in [3.05, 3.63) is 104 Å². The standard InChI is InChI=1S/C29H23ClF3NO4/c1-2-3-4-13-37-21-10-5-7-17(14-21)25-24-26(35)22-16-19(30)11-12-23(22)38-27(24)28(36)34(25)20-9-6-8-18(15-20)29(31,32)33/h5-12,14-16,25H,2-4,13H2,1H3. The molecule has 0 saturated carbocycles. The fourth-order valence-electron chi connectivity index (χ4n) is 4.68. The summed E-state index contributed by atoms with van der Waals surface area (Å²) in [5.74, 6) is -0.411. The molecule has 0 N–H and O–H groups in total. The van der Waals surface area contributed by atoms with Crippen LogP contribution >= 0.6 is 11.6 Å². The lowest BCUT2D eigenvalue weighted by Gasteiger charge is -2.26.